The Morgan fingerprint density at radius 3 is 0.750 bits per heavy atom. The van der Waals surface area contributed by atoms with Gasteiger partial charge in [0.2, 0.25) is 0 Å². The first-order valence-corrected chi connectivity index (χ1v) is 13.2. The van der Waals surface area contributed by atoms with E-state index < -0.39 is 0 Å². The van der Waals surface area contributed by atoms with Gasteiger partial charge >= 0.3 is 0 Å². The summed E-state index contributed by atoms with van der Waals surface area (Å²) >= 11 is 0. The zero-order valence-corrected chi connectivity index (χ0v) is 20.5. The molecule has 2 heteroatoms. The van der Waals surface area contributed by atoms with Gasteiger partial charge in [0.05, 0.1) is 0 Å². The summed E-state index contributed by atoms with van der Waals surface area (Å²) in [7, 11) is 0. The van der Waals surface area contributed by atoms with Crippen molar-refractivity contribution in [3.63, 3.8) is 0 Å². The number of hydrogen-bond acceptors (Lipinski definition) is 2. The third kappa shape index (κ3) is 19.2. The second-order valence-electron chi connectivity index (χ2n) is 8.93. The Balaban J connectivity index is 4.33. The van der Waals surface area contributed by atoms with Gasteiger partial charge in [0.1, 0.15) is 0 Å². The van der Waals surface area contributed by atoms with Gasteiger partial charge < -0.3 is 9.80 Å². The summed E-state index contributed by atoms with van der Waals surface area (Å²) in [4.78, 5) is 5.58. The van der Waals surface area contributed by atoms with Crippen molar-refractivity contribution in [1.29, 1.82) is 0 Å². The van der Waals surface area contributed by atoms with Crippen LogP contribution in [0.3, 0.4) is 0 Å². The van der Waals surface area contributed by atoms with Gasteiger partial charge in [-0.05, 0) is 51.9 Å². The summed E-state index contributed by atoms with van der Waals surface area (Å²) in [6, 6.07) is 0. The highest BCUT2D eigenvalue weighted by molar-refractivity contribution is 4.65. The van der Waals surface area contributed by atoms with E-state index in [0.717, 1.165) is 0 Å². The second kappa shape index (κ2) is 23.2. The van der Waals surface area contributed by atoms with E-state index in [1.54, 1.807) is 0 Å². The molecule has 0 spiro atoms. The molecule has 0 saturated carbocycles. The van der Waals surface area contributed by atoms with Gasteiger partial charge in [0, 0.05) is 13.1 Å². The first kappa shape index (κ1) is 27.9. The van der Waals surface area contributed by atoms with Gasteiger partial charge in [-0.2, -0.15) is 0 Å². The molecule has 0 heterocycles. The summed E-state index contributed by atoms with van der Waals surface area (Å²) in [5, 5.41) is 0. The van der Waals surface area contributed by atoms with Crippen molar-refractivity contribution < 1.29 is 0 Å². The molecule has 0 amide bonds. The van der Waals surface area contributed by atoms with E-state index in [2.05, 4.69) is 37.5 Å². The average molecular weight is 397 g/mol. The molecule has 170 valence electrons. The quantitative estimate of drug-likeness (QED) is 0.162. The van der Waals surface area contributed by atoms with Gasteiger partial charge in [0.15, 0.2) is 0 Å². The van der Waals surface area contributed by atoms with E-state index >= 15 is 0 Å². The van der Waals surface area contributed by atoms with Gasteiger partial charge in [0.25, 0.3) is 0 Å². The average Bonchev–Trinajstić information content (AvgIpc) is 2.71. The second-order valence-corrected chi connectivity index (χ2v) is 8.93. The maximum absolute atomic E-state index is 2.79. The normalized spacial score (nSPS) is 11.8. The molecule has 0 aliphatic rings. The van der Waals surface area contributed by atoms with Crippen LogP contribution >= 0.6 is 0 Å². The molecule has 0 N–H and O–H groups in total. The highest BCUT2D eigenvalue weighted by atomic mass is 15.2. The third-order valence-corrected chi connectivity index (χ3v) is 6.04. The zero-order chi connectivity index (χ0) is 20.7. The molecule has 28 heavy (non-hydrogen) atoms. The summed E-state index contributed by atoms with van der Waals surface area (Å²) < 4.78 is 0. The molecule has 0 aromatic heterocycles. The molecular formula is C26H56N2. The molecule has 0 radical (unpaired) electrons. The molecule has 0 aromatic rings. The topological polar surface area (TPSA) is 6.48 Å². The van der Waals surface area contributed by atoms with Crippen molar-refractivity contribution in [3.05, 3.63) is 0 Å². The Morgan fingerprint density at radius 2 is 0.536 bits per heavy atom. The zero-order valence-electron chi connectivity index (χ0n) is 20.5. The highest BCUT2D eigenvalue weighted by Gasteiger charge is 2.09. The molecule has 0 unspecified atom stereocenters. The van der Waals surface area contributed by atoms with Crippen molar-refractivity contribution in [3.8, 4) is 0 Å². The minimum absolute atomic E-state index is 1.29. The lowest BCUT2D eigenvalue weighted by atomic mass is 10.1. The Labute approximate surface area is 179 Å². The van der Waals surface area contributed by atoms with Crippen molar-refractivity contribution >= 4 is 0 Å². The van der Waals surface area contributed by atoms with E-state index in [4.69, 9.17) is 0 Å². The minimum atomic E-state index is 1.29. The largest absolute Gasteiger partial charge is 0.302 e. The SMILES string of the molecule is CCCCCCN(CCCCCC)CCN(CCCCCC)CCCCCC. The minimum Gasteiger partial charge on any atom is -0.302 e. The molecule has 0 aromatic carbocycles. The number of nitrogens with zero attached hydrogens (tertiary/aromatic N) is 2. The van der Waals surface area contributed by atoms with Crippen LogP contribution in [0.15, 0.2) is 0 Å². The lowest BCUT2D eigenvalue weighted by Crippen LogP contribution is -2.37. The van der Waals surface area contributed by atoms with Crippen molar-refractivity contribution in [2.24, 2.45) is 0 Å². The standard InChI is InChI=1S/C26H56N2/c1-5-9-13-17-21-27(22-18-14-10-6-2)25-26-28(23-19-15-11-7-3)24-20-16-12-8-4/h5-26H2,1-4H3. The van der Waals surface area contributed by atoms with E-state index in [0.29, 0.717) is 0 Å². The van der Waals surface area contributed by atoms with Crippen LogP contribution in [0.1, 0.15) is 130 Å². The van der Waals surface area contributed by atoms with E-state index in [-0.39, 0.29) is 0 Å². The molecule has 0 rings (SSSR count). The van der Waals surface area contributed by atoms with E-state index in [1.807, 2.05) is 0 Å². The molecule has 0 atom stereocenters. The van der Waals surface area contributed by atoms with Crippen LogP contribution in [0.2, 0.25) is 0 Å². The Hall–Kier alpha value is -0.0800. The summed E-state index contributed by atoms with van der Waals surface area (Å²) in [6.07, 6.45) is 22.3. The highest BCUT2D eigenvalue weighted by Crippen LogP contribution is 2.08. The lowest BCUT2D eigenvalue weighted by Gasteiger charge is -2.28. The van der Waals surface area contributed by atoms with Crippen LogP contribution in [0, 0.1) is 0 Å². The van der Waals surface area contributed by atoms with Crippen LogP contribution in [0.5, 0.6) is 0 Å². The Kier molecular flexibility index (Phi) is 23.1. The predicted octanol–water partition coefficient (Wildman–Crippen LogP) is 7.91. The maximum Gasteiger partial charge on any atom is 0.0109 e. The van der Waals surface area contributed by atoms with Gasteiger partial charge in [-0.25, -0.2) is 0 Å². The Bertz CT molecular complexity index is 228. The van der Waals surface area contributed by atoms with Crippen LogP contribution in [-0.4, -0.2) is 49.1 Å². The van der Waals surface area contributed by atoms with E-state index in [9.17, 15) is 0 Å². The third-order valence-electron chi connectivity index (χ3n) is 6.04. The van der Waals surface area contributed by atoms with Crippen molar-refractivity contribution in [1.82, 2.24) is 9.80 Å². The number of rotatable bonds is 23. The molecule has 2 nitrogen and oxygen atoms in total. The van der Waals surface area contributed by atoms with Gasteiger partial charge in [-0.3, -0.25) is 0 Å². The lowest BCUT2D eigenvalue weighted by molar-refractivity contribution is 0.193. The molecule has 0 aliphatic heterocycles. The van der Waals surface area contributed by atoms with Gasteiger partial charge in [-0.15, -0.1) is 0 Å². The molecule has 0 aliphatic carbocycles. The van der Waals surface area contributed by atoms with Crippen LogP contribution in [0.25, 0.3) is 0 Å². The first-order valence-electron chi connectivity index (χ1n) is 13.2. The molecule has 0 saturated heterocycles. The van der Waals surface area contributed by atoms with Crippen LogP contribution in [-0.2, 0) is 0 Å². The summed E-state index contributed by atoms with van der Waals surface area (Å²) in [5.74, 6) is 0. The fourth-order valence-electron chi connectivity index (χ4n) is 4.00. The fourth-order valence-corrected chi connectivity index (χ4v) is 4.00. The number of hydrogen-bond donors (Lipinski definition) is 0. The summed E-state index contributed by atoms with van der Waals surface area (Å²) in [5.41, 5.74) is 0. The van der Waals surface area contributed by atoms with Crippen molar-refractivity contribution in [2.75, 3.05) is 39.3 Å². The van der Waals surface area contributed by atoms with Crippen LogP contribution < -0.4 is 0 Å². The molecular weight excluding hydrogens is 340 g/mol. The number of unbranched alkanes of at least 4 members (excludes halogenated alkanes) is 12. The fraction of sp³-hybridized carbons (Fsp3) is 1.00. The monoisotopic (exact) mass is 396 g/mol. The van der Waals surface area contributed by atoms with Crippen LogP contribution in [0.4, 0.5) is 0 Å². The molecule has 0 bridgehead atoms. The molecule has 0 fully saturated rings. The Morgan fingerprint density at radius 1 is 0.286 bits per heavy atom. The maximum atomic E-state index is 2.79. The smallest absolute Gasteiger partial charge is 0.0109 e. The first-order chi connectivity index (χ1) is 13.8. The van der Waals surface area contributed by atoms with E-state index in [1.165, 1.54) is 142 Å². The van der Waals surface area contributed by atoms with Gasteiger partial charge in [-0.1, -0.05) is 105 Å². The summed E-state index contributed by atoms with van der Waals surface area (Å²) in [6.45, 7) is 17.2. The predicted molar refractivity (Wildman–Crippen MR) is 129 cm³/mol. The van der Waals surface area contributed by atoms with Crippen molar-refractivity contribution in [2.45, 2.75) is 130 Å².